The van der Waals surface area contributed by atoms with E-state index in [-0.39, 0.29) is 11.7 Å². The van der Waals surface area contributed by atoms with Crippen molar-refractivity contribution in [3.05, 3.63) is 120 Å². The van der Waals surface area contributed by atoms with Crippen LogP contribution in [0.2, 0.25) is 0 Å². The molecule has 1 atom stereocenters. The molecular weight excluding hydrogens is 576 g/mol. The molecule has 0 aliphatic carbocycles. The minimum atomic E-state index is -0.706. The Balaban J connectivity index is 1.53. The number of esters is 1. The molecule has 0 unspecified atom stereocenters. The van der Waals surface area contributed by atoms with Crippen molar-refractivity contribution in [2.75, 3.05) is 13.7 Å². The molecule has 0 bridgehead atoms. The van der Waals surface area contributed by atoms with E-state index in [1.165, 1.54) is 16.9 Å². The quantitative estimate of drug-likeness (QED) is 0.221. The molecule has 228 valence electrons. The molecule has 9 heteroatoms. The van der Waals surface area contributed by atoms with Crippen LogP contribution in [-0.2, 0) is 16.1 Å². The molecule has 2 heterocycles. The van der Waals surface area contributed by atoms with Gasteiger partial charge in [0.15, 0.2) is 16.3 Å². The molecule has 3 aromatic carbocycles. The second kappa shape index (κ2) is 13.3. The van der Waals surface area contributed by atoms with E-state index in [1.807, 2.05) is 80.6 Å². The standard InChI is InChI=1S/C35H36N2O6S/c1-7-41-27-15-13-26(14-16-27)32-31(34(39)43-21(2)3)23(5)36-35-37(32)33(38)30(44-35)19-25-12-17-28(29(18-25)40-6)42-20-24-10-8-22(4)9-11-24/h8-19,21,32H,7,20H2,1-6H3/b30-19+/t32-/m1/s1. The number of allylic oxidation sites excluding steroid dienone is 1. The molecule has 0 radical (unpaired) electrons. The molecule has 0 fully saturated rings. The zero-order valence-electron chi connectivity index (χ0n) is 25.7. The summed E-state index contributed by atoms with van der Waals surface area (Å²) in [4.78, 5) is 32.5. The van der Waals surface area contributed by atoms with E-state index in [4.69, 9.17) is 18.9 Å². The number of aryl methyl sites for hydroxylation is 1. The van der Waals surface area contributed by atoms with Crippen molar-refractivity contribution in [2.45, 2.75) is 53.4 Å². The van der Waals surface area contributed by atoms with Crippen LogP contribution < -0.4 is 29.1 Å². The normalized spacial score (nSPS) is 14.7. The molecule has 0 N–H and O–H groups in total. The lowest BCUT2D eigenvalue weighted by Crippen LogP contribution is -2.40. The molecule has 1 aromatic heterocycles. The number of ether oxygens (including phenoxy) is 4. The number of rotatable bonds is 10. The minimum absolute atomic E-state index is 0.256. The molecule has 8 nitrogen and oxygen atoms in total. The van der Waals surface area contributed by atoms with Gasteiger partial charge in [-0.3, -0.25) is 9.36 Å². The van der Waals surface area contributed by atoms with E-state index in [9.17, 15) is 9.59 Å². The highest BCUT2D eigenvalue weighted by atomic mass is 32.1. The first-order valence-corrected chi connectivity index (χ1v) is 15.3. The molecule has 4 aromatic rings. The van der Waals surface area contributed by atoms with Crippen LogP contribution >= 0.6 is 11.3 Å². The fourth-order valence-corrected chi connectivity index (χ4v) is 6.03. The van der Waals surface area contributed by atoms with Crippen LogP contribution in [-0.4, -0.2) is 30.4 Å². The van der Waals surface area contributed by atoms with Gasteiger partial charge in [-0.1, -0.05) is 59.4 Å². The lowest BCUT2D eigenvalue weighted by molar-refractivity contribution is -0.143. The molecule has 0 saturated carbocycles. The first kappa shape index (κ1) is 30.8. The Hall–Kier alpha value is -4.63. The highest BCUT2D eigenvalue weighted by molar-refractivity contribution is 7.07. The lowest BCUT2D eigenvalue weighted by Gasteiger charge is -2.25. The smallest absolute Gasteiger partial charge is 0.338 e. The Morgan fingerprint density at radius 3 is 2.39 bits per heavy atom. The number of methoxy groups -OCH3 is 1. The molecule has 0 amide bonds. The van der Waals surface area contributed by atoms with Crippen molar-refractivity contribution in [1.29, 1.82) is 0 Å². The number of aromatic nitrogens is 1. The number of nitrogens with zero attached hydrogens (tertiary/aromatic N) is 2. The van der Waals surface area contributed by atoms with Gasteiger partial charge in [-0.25, -0.2) is 9.79 Å². The summed E-state index contributed by atoms with van der Waals surface area (Å²) in [6.07, 6.45) is 1.48. The van der Waals surface area contributed by atoms with Gasteiger partial charge in [0.1, 0.15) is 12.4 Å². The van der Waals surface area contributed by atoms with Gasteiger partial charge >= 0.3 is 5.97 Å². The fourth-order valence-electron chi connectivity index (χ4n) is 4.98. The SMILES string of the molecule is CCOc1ccc([C@@H]2C(C(=O)OC(C)C)=C(C)N=c3s/c(=C/c4ccc(OCc5ccc(C)cc5)c(OC)c4)c(=O)n32)cc1. The van der Waals surface area contributed by atoms with E-state index >= 15 is 0 Å². The summed E-state index contributed by atoms with van der Waals surface area (Å²) in [5.74, 6) is 1.36. The number of carbonyl (C=O) groups excluding carboxylic acids is 1. The number of benzene rings is 3. The minimum Gasteiger partial charge on any atom is -0.494 e. The van der Waals surface area contributed by atoms with Crippen LogP contribution in [0.1, 0.15) is 56.0 Å². The third kappa shape index (κ3) is 6.63. The van der Waals surface area contributed by atoms with Gasteiger partial charge in [-0.15, -0.1) is 0 Å². The molecular formula is C35H36N2O6S. The number of hydrogen-bond acceptors (Lipinski definition) is 8. The van der Waals surface area contributed by atoms with Crippen LogP contribution in [0.3, 0.4) is 0 Å². The Morgan fingerprint density at radius 2 is 1.73 bits per heavy atom. The molecule has 1 aliphatic rings. The lowest BCUT2D eigenvalue weighted by atomic mass is 9.96. The van der Waals surface area contributed by atoms with Crippen molar-refractivity contribution in [3.8, 4) is 17.2 Å². The third-order valence-electron chi connectivity index (χ3n) is 7.09. The van der Waals surface area contributed by atoms with E-state index in [0.717, 1.165) is 16.7 Å². The van der Waals surface area contributed by atoms with Crippen molar-refractivity contribution >= 4 is 23.4 Å². The Morgan fingerprint density at radius 1 is 1.00 bits per heavy atom. The van der Waals surface area contributed by atoms with E-state index in [0.29, 0.717) is 51.1 Å². The summed E-state index contributed by atoms with van der Waals surface area (Å²) in [6, 6.07) is 20.4. The zero-order valence-corrected chi connectivity index (χ0v) is 26.6. The third-order valence-corrected chi connectivity index (χ3v) is 8.07. The van der Waals surface area contributed by atoms with E-state index in [1.54, 1.807) is 38.5 Å². The average Bonchev–Trinajstić information content (AvgIpc) is 3.30. The Bertz CT molecular complexity index is 1870. The number of thiazole rings is 1. The van der Waals surface area contributed by atoms with Crippen molar-refractivity contribution in [1.82, 2.24) is 4.57 Å². The van der Waals surface area contributed by atoms with Gasteiger partial charge in [-0.05, 0) is 81.7 Å². The molecule has 44 heavy (non-hydrogen) atoms. The zero-order chi connectivity index (χ0) is 31.4. The number of hydrogen-bond donors (Lipinski definition) is 0. The Labute approximate surface area is 260 Å². The number of fused-ring (bicyclic) bond motifs is 1. The fraction of sp³-hybridized carbons (Fsp3) is 0.286. The van der Waals surface area contributed by atoms with Gasteiger partial charge < -0.3 is 18.9 Å². The Kier molecular flexibility index (Phi) is 9.35. The maximum absolute atomic E-state index is 14.0. The van der Waals surface area contributed by atoms with Crippen LogP contribution in [0.4, 0.5) is 0 Å². The predicted octanol–water partition coefficient (Wildman–Crippen LogP) is 5.48. The molecule has 1 aliphatic heterocycles. The molecule has 0 saturated heterocycles. The summed E-state index contributed by atoms with van der Waals surface area (Å²) in [5, 5.41) is 0. The van der Waals surface area contributed by atoms with Crippen LogP contribution in [0.5, 0.6) is 17.2 Å². The van der Waals surface area contributed by atoms with Gasteiger partial charge in [0, 0.05) is 0 Å². The van der Waals surface area contributed by atoms with Crippen LogP contribution in [0.15, 0.2) is 87.8 Å². The van der Waals surface area contributed by atoms with Gasteiger partial charge in [0.25, 0.3) is 5.56 Å². The van der Waals surface area contributed by atoms with Gasteiger partial charge in [-0.2, -0.15) is 0 Å². The summed E-state index contributed by atoms with van der Waals surface area (Å²) in [6.45, 7) is 10.3. The highest BCUT2D eigenvalue weighted by Crippen LogP contribution is 2.32. The monoisotopic (exact) mass is 612 g/mol. The molecule has 0 spiro atoms. The van der Waals surface area contributed by atoms with Gasteiger partial charge in [0.05, 0.1) is 41.7 Å². The van der Waals surface area contributed by atoms with Crippen LogP contribution in [0.25, 0.3) is 6.08 Å². The van der Waals surface area contributed by atoms with E-state index < -0.39 is 12.0 Å². The molecule has 5 rings (SSSR count). The van der Waals surface area contributed by atoms with Crippen LogP contribution in [0, 0.1) is 6.92 Å². The summed E-state index contributed by atoms with van der Waals surface area (Å²) >= 11 is 1.27. The predicted molar refractivity (Wildman–Crippen MR) is 171 cm³/mol. The van der Waals surface area contributed by atoms with Crippen molar-refractivity contribution < 1.29 is 23.7 Å². The summed E-state index contributed by atoms with van der Waals surface area (Å²) in [7, 11) is 1.59. The highest BCUT2D eigenvalue weighted by Gasteiger charge is 2.33. The first-order valence-electron chi connectivity index (χ1n) is 14.5. The van der Waals surface area contributed by atoms with Crippen molar-refractivity contribution in [3.63, 3.8) is 0 Å². The first-order chi connectivity index (χ1) is 21.2. The largest absolute Gasteiger partial charge is 0.494 e. The second-order valence-electron chi connectivity index (χ2n) is 10.7. The van der Waals surface area contributed by atoms with Gasteiger partial charge in [0.2, 0.25) is 0 Å². The number of carbonyl (C=O) groups is 1. The topological polar surface area (TPSA) is 88.4 Å². The average molecular weight is 613 g/mol. The van der Waals surface area contributed by atoms with Crippen molar-refractivity contribution in [2.24, 2.45) is 4.99 Å². The van der Waals surface area contributed by atoms with E-state index in [2.05, 4.69) is 4.99 Å². The maximum atomic E-state index is 14.0. The second-order valence-corrected chi connectivity index (χ2v) is 11.7. The summed E-state index contributed by atoms with van der Waals surface area (Å²) < 4.78 is 24.9. The summed E-state index contributed by atoms with van der Waals surface area (Å²) in [5.41, 5.74) is 4.35. The maximum Gasteiger partial charge on any atom is 0.338 e.